The second-order valence-corrected chi connectivity index (χ2v) is 3.55. The van der Waals surface area contributed by atoms with Crippen LogP contribution < -0.4 is 0 Å². The minimum Gasteiger partial charge on any atom is -0.447 e. The van der Waals surface area contributed by atoms with Gasteiger partial charge in [0.15, 0.2) is 0 Å². The molecule has 0 bridgehead atoms. The summed E-state index contributed by atoms with van der Waals surface area (Å²) in [5, 5.41) is 0. The van der Waals surface area contributed by atoms with Gasteiger partial charge in [-0.3, -0.25) is 0 Å². The zero-order chi connectivity index (χ0) is 11.8. The highest BCUT2D eigenvalue weighted by atomic mass is 16.6. The Bertz CT molecular complexity index is 183. The summed E-state index contributed by atoms with van der Waals surface area (Å²) in [6.07, 6.45) is -0.284. The molecule has 1 aliphatic heterocycles. The van der Waals surface area contributed by atoms with Gasteiger partial charge in [0, 0.05) is 6.54 Å². The number of carbonyl (C=O) groups is 1. The molecule has 1 unspecified atom stereocenters. The Kier molecular flexibility index (Phi) is 7.13. The molecule has 0 radical (unpaired) electrons. The lowest BCUT2D eigenvalue weighted by molar-refractivity contribution is -0.00976. The minimum atomic E-state index is -0.231. The van der Waals surface area contributed by atoms with Crippen molar-refractivity contribution < 1.29 is 14.3 Å². The largest absolute Gasteiger partial charge is 0.447 e. The first kappa shape index (κ1) is 14.2. The summed E-state index contributed by atoms with van der Waals surface area (Å²) in [5.41, 5.74) is 0. The van der Waals surface area contributed by atoms with Crippen LogP contribution in [0, 0.1) is 0 Å². The molecule has 0 aromatic carbocycles. The van der Waals surface area contributed by atoms with E-state index in [2.05, 4.69) is 0 Å². The van der Waals surface area contributed by atoms with Crippen molar-refractivity contribution >= 4 is 6.09 Å². The number of morpholine rings is 1. The molecular formula is C11H23NO3. The van der Waals surface area contributed by atoms with Crippen LogP contribution in [-0.2, 0) is 9.47 Å². The Labute approximate surface area is 92.5 Å². The van der Waals surface area contributed by atoms with E-state index in [0.717, 1.165) is 0 Å². The normalized spacial score (nSPS) is 20.7. The van der Waals surface area contributed by atoms with E-state index in [-0.39, 0.29) is 18.2 Å². The van der Waals surface area contributed by atoms with Crippen molar-refractivity contribution in [3.8, 4) is 0 Å². The van der Waals surface area contributed by atoms with E-state index < -0.39 is 0 Å². The molecule has 0 aromatic heterocycles. The van der Waals surface area contributed by atoms with Crippen molar-refractivity contribution in [2.75, 3.05) is 19.8 Å². The second-order valence-electron chi connectivity index (χ2n) is 3.55. The first-order chi connectivity index (χ1) is 7.11. The quantitative estimate of drug-likeness (QED) is 0.676. The van der Waals surface area contributed by atoms with Gasteiger partial charge < -0.3 is 14.4 Å². The summed E-state index contributed by atoms with van der Waals surface area (Å²) in [4.78, 5) is 13.2. The lowest BCUT2D eigenvalue weighted by Gasteiger charge is -2.32. The highest BCUT2D eigenvalue weighted by Gasteiger charge is 2.25. The van der Waals surface area contributed by atoms with Gasteiger partial charge in [-0.2, -0.15) is 0 Å². The van der Waals surface area contributed by atoms with E-state index in [1.165, 1.54) is 0 Å². The molecule has 0 saturated carbocycles. The molecule has 1 atom stereocenters. The third-order valence-corrected chi connectivity index (χ3v) is 1.94. The fraction of sp³-hybridized carbons (Fsp3) is 0.909. The van der Waals surface area contributed by atoms with E-state index in [1.54, 1.807) is 4.90 Å². The number of ether oxygens (including phenoxy) is 2. The Morgan fingerprint density at radius 1 is 1.47 bits per heavy atom. The van der Waals surface area contributed by atoms with Gasteiger partial charge in [-0.15, -0.1) is 0 Å². The monoisotopic (exact) mass is 217 g/mol. The molecule has 1 heterocycles. The molecule has 15 heavy (non-hydrogen) atoms. The van der Waals surface area contributed by atoms with Crippen molar-refractivity contribution in [1.82, 2.24) is 4.90 Å². The van der Waals surface area contributed by atoms with Crippen LogP contribution in [-0.4, -0.2) is 42.9 Å². The molecule has 0 N–H and O–H groups in total. The first-order valence-electron chi connectivity index (χ1n) is 5.66. The Hall–Kier alpha value is -0.770. The van der Waals surface area contributed by atoms with Crippen LogP contribution in [0.25, 0.3) is 0 Å². The van der Waals surface area contributed by atoms with Gasteiger partial charge in [0.2, 0.25) is 0 Å². The molecule has 1 amide bonds. The average Bonchev–Trinajstić information content (AvgIpc) is 2.20. The van der Waals surface area contributed by atoms with Crippen molar-refractivity contribution in [3.63, 3.8) is 0 Å². The van der Waals surface area contributed by atoms with E-state index >= 15 is 0 Å². The second kappa shape index (κ2) is 7.51. The van der Waals surface area contributed by atoms with E-state index in [4.69, 9.17) is 9.47 Å². The molecule has 1 saturated heterocycles. The fourth-order valence-corrected chi connectivity index (χ4v) is 1.27. The third kappa shape index (κ3) is 5.02. The van der Waals surface area contributed by atoms with E-state index in [1.807, 2.05) is 34.6 Å². The van der Waals surface area contributed by atoms with Gasteiger partial charge in [-0.05, 0) is 20.8 Å². The average molecular weight is 217 g/mol. The number of amides is 1. The van der Waals surface area contributed by atoms with Crippen molar-refractivity contribution in [3.05, 3.63) is 0 Å². The molecule has 1 fully saturated rings. The lowest BCUT2D eigenvalue weighted by Crippen LogP contribution is -2.47. The predicted molar refractivity (Wildman–Crippen MR) is 60.0 cm³/mol. The van der Waals surface area contributed by atoms with Crippen LogP contribution in [0.15, 0.2) is 0 Å². The summed E-state index contributed by atoms with van der Waals surface area (Å²) >= 11 is 0. The van der Waals surface area contributed by atoms with Crippen molar-refractivity contribution in [2.24, 2.45) is 0 Å². The summed E-state index contributed by atoms with van der Waals surface area (Å²) in [5.74, 6) is 0. The minimum absolute atomic E-state index is 0.0532. The summed E-state index contributed by atoms with van der Waals surface area (Å²) < 4.78 is 10.3. The standard InChI is InChI=1S/C9H17NO3.C2H6/c1-7(2)13-9(11)10-4-5-12-6-8(10)3;1-2/h7-8H,4-6H2,1-3H3;1-2H3. The zero-order valence-corrected chi connectivity index (χ0v) is 10.4. The maximum atomic E-state index is 11.5. The SMILES string of the molecule is CC.CC(C)OC(=O)N1CCOCC1C. The smallest absolute Gasteiger partial charge is 0.410 e. The molecule has 0 spiro atoms. The van der Waals surface area contributed by atoms with Crippen molar-refractivity contribution in [2.45, 2.75) is 46.8 Å². The van der Waals surface area contributed by atoms with Crippen LogP contribution in [0.1, 0.15) is 34.6 Å². The highest BCUT2D eigenvalue weighted by molar-refractivity contribution is 5.68. The van der Waals surface area contributed by atoms with Gasteiger partial charge in [0.1, 0.15) is 0 Å². The van der Waals surface area contributed by atoms with Crippen LogP contribution in [0.5, 0.6) is 0 Å². The molecule has 90 valence electrons. The Morgan fingerprint density at radius 2 is 2.07 bits per heavy atom. The molecule has 0 aliphatic carbocycles. The van der Waals surface area contributed by atoms with Gasteiger partial charge in [-0.1, -0.05) is 13.8 Å². The molecule has 4 heteroatoms. The maximum absolute atomic E-state index is 11.5. The van der Waals surface area contributed by atoms with Gasteiger partial charge in [0.05, 0.1) is 25.4 Å². The lowest BCUT2D eigenvalue weighted by atomic mass is 10.3. The molecule has 0 aromatic rings. The molecule has 1 rings (SSSR count). The summed E-state index contributed by atoms with van der Waals surface area (Å²) in [7, 11) is 0. The first-order valence-corrected chi connectivity index (χ1v) is 5.66. The molecule has 4 nitrogen and oxygen atoms in total. The van der Waals surface area contributed by atoms with Crippen LogP contribution in [0.4, 0.5) is 4.79 Å². The fourth-order valence-electron chi connectivity index (χ4n) is 1.27. The Morgan fingerprint density at radius 3 is 2.53 bits per heavy atom. The number of carbonyl (C=O) groups excluding carboxylic acids is 1. The van der Waals surface area contributed by atoms with Crippen LogP contribution >= 0.6 is 0 Å². The highest BCUT2D eigenvalue weighted by Crippen LogP contribution is 2.08. The molecular weight excluding hydrogens is 194 g/mol. The van der Waals surface area contributed by atoms with Gasteiger partial charge in [-0.25, -0.2) is 4.79 Å². The van der Waals surface area contributed by atoms with Crippen LogP contribution in [0.2, 0.25) is 0 Å². The number of hydrogen-bond donors (Lipinski definition) is 0. The topological polar surface area (TPSA) is 38.8 Å². The summed E-state index contributed by atoms with van der Waals surface area (Å²) in [6.45, 7) is 11.5. The van der Waals surface area contributed by atoms with Gasteiger partial charge >= 0.3 is 6.09 Å². The zero-order valence-electron chi connectivity index (χ0n) is 10.4. The number of nitrogens with zero attached hydrogens (tertiary/aromatic N) is 1. The predicted octanol–water partition coefficient (Wildman–Crippen LogP) is 2.28. The Balaban J connectivity index is 0.000000921. The third-order valence-electron chi connectivity index (χ3n) is 1.94. The van der Waals surface area contributed by atoms with E-state index in [0.29, 0.717) is 19.8 Å². The van der Waals surface area contributed by atoms with Crippen molar-refractivity contribution in [1.29, 1.82) is 0 Å². The number of hydrogen-bond acceptors (Lipinski definition) is 3. The van der Waals surface area contributed by atoms with Gasteiger partial charge in [0.25, 0.3) is 0 Å². The van der Waals surface area contributed by atoms with Crippen LogP contribution in [0.3, 0.4) is 0 Å². The summed E-state index contributed by atoms with van der Waals surface area (Å²) in [6, 6.07) is 0.125. The van der Waals surface area contributed by atoms with E-state index in [9.17, 15) is 4.79 Å². The molecule has 1 aliphatic rings. The number of rotatable bonds is 1. The maximum Gasteiger partial charge on any atom is 0.410 e.